The van der Waals surface area contributed by atoms with Crippen LogP contribution in [0.25, 0.3) is 10.8 Å². The van der Waals surface area contributed by atoms with E-state index >= 15 is 0 Å². The van der Waals surface area contributed by atoms with Crippen LogP contribution in [0.5, 0.6) is 5.75 Å². The second-order valence-corrected chi connectivity index (χ2v) is 9.19. The van der Waals surface area contributed by atoms with Crippen LogP contribution >= 0.6 is 0 Å². The van der Waals surface area contributed by atoms with Gasteiger partial charge in [0.05, 0.1) is 17.7 Å². The summed E-state index contributed by atoms with van der Waals surface area (Å²) >= 11 is 0. The Morgan fingerprint density at radius 3 is 2.54 bits per heavy atom. The van der Waals surface area contributed by atoms with E-state index in [-0.39, 0.29) is 4.90 Å². The summed E-state index contributed by atoms with van der Waals surface area (Å²) in [5.41, 5.74) is 1.75. The minimum atomic E-state index is -3.22. The third-order valence-corrected chi connectivity index (χ3v) is 6.04. The molecule has 2 N–H and O–H groups in total. The van der Waals surface area contributed by atoms with E-state index in [1.807, 2.05) is 12.1 Å². The van der Waals surface area contributed by atoms with Crippen molar-refractivity contribution in [1.29, 1.82) is 0 Å². The summed E-state index contributed by atoms with van der Waals surface area (Å²) in [7, 11) is -1.55. The van der Waals surface area contributed by atoms with Crippen LogP contribution in [0.4, 0.5) is 17.2 Å². The van der Waals surface area contributed by atoms with Crippen molar-refractivity contribution in [2.24, 2.45) is 5.92 Å². The molecule has 28 heavy (non-hydrogen) atoms. The summed E-state index contributed by atoms with van der Waals surface area (Å²) in [6, 6.07) is 12.7. The van der Waals surface area contributed by atoms with Gasteiger partial charge in [0.25, 0.3) is 0 Å². The molecule has 0 atom stereocenters. The highest BCUT2D eigenvalue weighted by Gasteiger charge is 2.21. The van der Waals surface area contributed by atoms with Crippen LogP contribution in [0, 0.1) is 5.92 Å². The molecule has 146 valence electrons. The number of methoxy groups -OCH3 is 1. The minimum Gasteiger partial charge on any atom is -0.495 e. The van der Waals surface area contributed by atoms with E-state index in [1.165, 1.54) is 19.1 Å². The lowest BCUT2D eigenvalue weighted by Gasteiger charge is -2.15. The Labute approximate surface area is 164 Å². The number of rotatable bonds is 7. The first-order valence-corrected chi connectivity index (χ1v) is 11.1. The number of nitrogens with zero attached hydrogens (tertiary/aromatic N) is 1. The fourth-order valence-electron chi connectivity index (χ4n) is 3.11. The molecule has 7 heteroatoms. The van der Waals surface area contributed by atoms with Gasteiger partial charge in [-0.25, -0.2) is 13.4 Å². The molecule has 0 unspecified atom stereocenters. The van der Waals surface area contributed by atoms with Crippen molar-refractivity contribution in [3.8, 4) is 5.75 Å². The lowest BCUT2D eigenvalue weighted by atomic mass is 10.1. The Bertz CT molecular complexity index is 1110. The molecule has 0 amide bonds. The van der Waals surface area contributed by atoms with Gasteiger partial charge in [-0.1, -0.05) is 0 Å². The van der Waals surface area contributed by atoms with E-state index in [0.717, 1.165) is 40.4 Å². The molecule has 0 bridgehead atoms. The second-order valence-electron chi connectivity index (χ2n) is 7.18. The molecule has 2 aromatic carbocycles. The van der Waals surface area contributed by atoms with Crippen molar-refractivity contribution < 1.29 is 13.2 Å². The number of ether oxygens (including phenoxy) is 1. The van der Waals surface area contributed by atoms with Crippen molar-refractivity contribution in [2.75, 3.05) is 30.5 Å². The van der Waals surface area contributed by atoms with Gasteiger partial charge < -0.3 is 15.4 Å². The molecule has 1 aliphatic carbocycles. The number of pyridine rings is 1. The highest BCUT2D eigenvalue weighted by atomic mass is 32.2. The van der Waals surface area contributed by atoms with Crippen molar-refractivity contribution in [2.45, 2.75) is 17.7 Å². The number of benzene rings is 2. The number of hydrogen-bond acceptors (Lipinski definition) is 6. The number of anilines is 3. The molecule has 1 aliphatic rings. The van der Waals surface area contributed by atoms with Crippen LogP contribution in [0.1, 0.15) is 12.8 Å². The van der Waals surface area contributed by atoms with Crippen molar-refractivity contribution >= 4 is 37.8 Å². The maximum Gasteiger partial charge on any atom is 0.175 e. The van der Waals surface area contributed by atoms with Crippen LogP contribution < -0.4 is 15.4 Å². The topological polar surface area (TPSA) is 80.3 Å². The van der Waals surface area contributed by atoms with E-state index < -0.39 is 9.84 Å². The van der Waals surface area contributed by atoms with E-state index in [4.69, 9.17) is 4.74 Å². The Kier molecular flexibility index (Phi) is 4.85. The van der Waals surface area contributed by atoms with Gasteiger partial charge in [0.1, 0.15) is 11.6 Å². The summed E-state index contributed by atoms with van der Waals surface area (Å²) in [5, 5.41) is 8.74. The normalized spacial score (nSPS) is 14.1. The summed E-state index contributed by atoms with van der Waals surface area (Å²) in [5.74, 6) is 2.23. The van der Waals surface area contributed by atoms with Crippen LogP contribution in [-0.4, -0.2) is 33.3 Å². The van der Waals surface area contributed by atoms with E-state index in [9.17, 15) is 8.42 Å². The van der Waals surface area contributed by atoms with E-state index in [1.54, 1.807) is 37.6 Å². The van der Waals surface area contributed by atoms with Gasteiger partial charge in [-0.3, -0.25) is 0 Å². The summed E-state index contributed by atoms with van der Waals surface area (Å²) < 4.78 is 28.8. The summed E-state index contributed by atoms with van der Waals surface area (Å²) in [6.07, 6.45) is 5.54. The van der Waals surface area contributed by atoms with Gasteiger partial charge in [0.15, 0.2) is 9.84 Å². The maximum atomic E-state index is 11.6. The molecule has 1 saturated carbocycles. The number of nitrogens with one attached hydrogen (secondary N) is 2. The van der Waals surface area contributed by atoms with Gasteiger partial charge in [0.2, 0.25) is 0 Å². The van der Waals surface area contributed by atoms with Gasteiger partial charge in [-0.05, 0) is 66.6 Å². The summed E-state index contributed by atoms with van der Waals surface area (Å²) in [4.78, 5) is 4.75. The average molecular weight is 398 g/mol. The number of fused-ring (bicyclic) bond motifs is 1. The minimum absolute atomic E-state index is 0.289. The van der Waals surface area contributed by atoms with E-state index in [2.05, 4.69) is 21.7 Å². The maximum absolute atomic E-state index is 11.6. The predicted molar refractivity (Wildman–Crippen MR) is 112 cm³/mol. The van der Waals surface area contributed by atoms with Crippen molar-refractivity contribution in [3.05, 3.63) is 48.7 Å². The number of hydrogen-bond donors (Lipinski definition) is 2. The molecule has 1 heterocycles. The molecular formula is C21H23N3O3S. The second kappa shape index (κ2) is 7.31. The molecule has 3 aromatic rings. The van der Waals surface area contributed by atoms with Crippen LogP contribution in [0.15, 0.2) is 53.6 Å². The Morgan fingerprint density at radius 1 is 1.14 bits per heavy atom. The SMILES string of the molecule is COc1cc2c(Nc3ccc(S(C)(=O)=O)cc3)nccc2cc1NCC1CC1. The third-order valence-electron chi connectivity index (χ3n) is 4.91. The third kappa shape index (κ3) is 4.04. The first kappa shape index (κ1) is 18.6. The Hall–Kier alpha value is -2.80. The van der Waals surface area contributed by atoms with Gasteiger partial charge in [-0.15, -0.1) is 0 Å². The van der Waals surface area contributed by atoms with Gasteiger partial charge >= 0.3 is 0 Å². The Morgan fingerprint density at radius 2 is 1.89 bits per heavy atom. The Balaban J connectivity index is 1.65. The molecule has 1 aromatic heterocycles. The van der Waals surface area contributed by atoms with Crippen LogP contribution in [0.3, 0.4) is 0 Å². The fraction of sp³-hybridized carbons (Fsp3) is 0.286. The van der Waals surface area contributed by atoms with Gasteiger partial charge in [-0.2, -0.15) is 0 Å². The highest BCUT2D eigenvalue weighted by Crippen LogP contribution is 2.36. The summed E-state index contributed by atoms with van der Waals surface area (Å²) in [6.45, 7) is 0.963. The molecule has 0 spiro atoms. The molecule has 0 radical (unpaired) electrons. The zero-order chi connectivity index (χ0) is 19.7. The number of aromatic nitrogens is 1. The molecule has 4 rings (SSSR count). The number of sulfone groups is 1. The molecule has 0 aliphatic heterocycles. The largest absolute Gasteiger partial charge is 0.495 e. The van der Waals surface area contributed by atoms with Crippen LogP contribution in [0.2, 0.25) is 0 Å². The van der Waals surface area contributed by atoms with Crippen LogP contribution in [-0.2, 0) is 9.84 Å². The molecule has 1 fully saturated rings. The monoisotopic (exact) mass is 397 g/mol. The van der Waals surface area contributed by atoms with E-state index in [0.29, 0.717) is 5.82 Å². The molecule has 6 nitrogen and oxygen atoms in total. The first-order valence-electron chi connectivity index (χ1n) is 9.22. The molecular weight excluding hydrogens is 374 g/mol. The predicted octanol–water partition coefficient (Wildman–Crippen LogP) is 4.21. The lowest BCUT2D eigenvalue weighted by Crippen LogP contribution is -2.05. The standard InChI is InChI=1S/C21H23N3O3S/c1-27-20-12-18-15(11-19(20)23-13-14-3-4-14)9-10-22-21(18)24-16-5-7-17(8-6-16)28(2,25)26/h5-12,14,23H,3-4,13H2,1-2H3,(H,22,24). The first-order chi connectivity index (χ1) is 13.4. The highest BCUT2D eigenvalue weighted by molar-refractivity contribution is 7.90. The fourth-order valence-corrected chi connectivity index (χ4v) is 3.74. The zero-order valence-electron chi connectivity index (χ0n) is 15.9. The average Bonchev–Trinajstić information content (AvgIpc) is 3.50. The zero-order valence-corrected chi connectivity index (χ0v) is 16.7. The van der Waals surface area contributed by atoms with Gasteiger partial charge in [0, 0.05) is 30.1 Å². The lowest BCUT2D eigenvalue weighted by molar-refractivity contribution is 0.417. The molecule has 0 saturated heterocycles. The quantitative estimate of drug-likeness (QED) is 0.622. The smallest absolute Gasteiger partial charge is 0.175 e. The van der Waals surface area contributed by atoms with Crippen molar-refractivity contribution in [3.63, 3.8) is 0 Å². The van der Waals surface area contributed by atoms with Crippen molar-refractivity contribution in [1.82, 2.24) is 4.98 Å².